The van der Waals surface area contributed by atoms with Crippen molar-refractivity contribution in [2.45, 2.75) is 20.0 Å². The van der Waals surface area contributed by atoms with E-state index in [2.05, 4.69) is 25.7 Å². The highest BCUT2D eigenvalue weighted by molar-refractivity contribution is 5.10. The van der Waals surface area contributed by atoms with Crippen LogP contribution in [0.15, 0.2) is 0 Å². The van der Waals surface area contributed by atoms with Crippen molar-refractivity contribution in [2.24, 2.45) is 5.92 Å². The van der Waals surface area contributed by atoms with E-state index in [1.807, 2.05) is 0 Å². The van der Waals surface area contributed by atoms with Crippen LogP contribution in [-0.4, -0.2) is 12.7 Å². The van der Waals surface area contributed by atoms with Crippen molar-refractivity contribution in [3.63, 3.8) is 0 Å². The summed E-state index contributed by atoms with van der Waals surface area (Å²) in [5, 5.41) is 0. The van der Waals surface area contributed by atoms with Crippen molar-refractivity contribution in [3.8, 4) is 11.8 Å². The standard InChI is InChI=1S/C7H10O/c1-6(2)3-4-7-5-8-7/h6-7H,5H2,1-2H3. The lowest BCUT2D eigenvalue weighted by Crippen LogP contribution is -1.81. The normalized spacial score (nSPS) is 24.6. The van der Waals surface area contributed by atoms with Gasteiger partial charge >= 0.3 is 0 Å². The van der Waals surface area contributed by atoms with Gasteiger partial charge in [0.15, 0.2) is 0 Å². The van der Waals surface area contributed by atoms with Crippen LogP contribution in [0.2, 0.25) is 0 Å². The third-order valence-corrected chi connectivity index (χ3v) is 0.866. The minimum Gasteiger partial charge on any atom is -0.359 e. The average molecular weight is 110 g/mol. The Labute approximate surface area is 50.0 Å². The lowest BCUT2D eigenvalue weighted by atomic mass is 10.2. The fraction of sp³-hybridized carbons (Fsp3) is 0.714. The molecule has 1 nitrogen and oxygen atoms in total. The van der Waals surface area contributed by atoms with Gasteiger partial charge in [-0.3, -0.25) is 0 Å². The van der Waals surface area contributed by atoms with Crippen LogP contribution in [-0.2, 0) is 4.74 Å². The van der Waals surface area contributed by atoms with Crippen LogP contribution < -0.4 is 0 Å². The van der Waals surface area contributed by atoms with Crippen LogP contribution in [0.1, 0.15) is 13.8 Å². The van der Waals surface area contributed by atoms with Gasteiger partial charge in [0.25, 0.3) is 0 Å². The highest BCUT2D eigenvalue weighted by Crippen LogP contribution is 2.06. The first kappa shape index (κ1) is 5.65. The molecule has 1 heteroatoms. The fourth-order valence-corrected chi connectivity index (χ4v) is 0.391. The topological polar surface area (TPSA) is 12.5 Å². The molecule has 1 rings (SSSR count). The molecule has 0 spiro atoms. The zero-order chi connectivity index (χ0) is 5.98. The Morgan fingerprint density at radius 1 is 1.62 bits per heavy atom. The minimum atomic E-state index is 0.275. The molecule has 0 amide bonds. The number of rotatable bonds is 0. The van der Waals surface area contributed by atoms with Gasteiger partial charge in [-0.05, 0) is 0 Å². The Morgan fingerprint density at radius 2 is 2.25 bits per heavy atom. The van der Waals surface area contributed by atoms with Gasteiger partial charge < -0.3 is 4.74 Å². The highest BCUT2D eigenvalue weighted by atomic mass is 16.6. The number of epoxide rings is 1. The molecule has 1 aliphatic rings. The molecule has 1 saturated heterocycles. The maximum Gasteiger partial charge on any atom is 0.141 e. The maximum absolute atomic E-state index is 4.89. The van der Waals surface area contributed by atoms with Gasteiger partial charge in [-0.1, -0.05) is 25.7 Å². The molecular weight excluding hydrogens is 100 g/mol. The van der Waals surface area contributed by atoms with Gasteiger partial charge in [0, 0.05) is 5.92 Å². The first-order valence-corrected chi connectivity index (χ1v) is 2.91. The van der Waals surface area contributed by atoms with Crippen LogP contribution in [0.4, 0.5) is 0 Å². The van der Waals surface area contributed by atoms with Crippen LogP contribution in [0.25, 0.3) is 0 Å². The highest BCUT2D eigenvalue weighted by Gasteiger charge is 2.18. The average Bonchev–Trinajstić information content (AvgIpc) is 2.41. The van der Waals surface area contributed by atoms with Crippen molar-refractivity contribution in [1.29, 1.82) is 0 Å². The van der Waals surface area contributed by atoms with Crippen molar-refractivity contribution in [2.75, 3.05) is 6.61 Å². The zero-order valence-corrected chi connectivity index (χ0v) is 5.27. The summed E-state index contributed by atoms with van der Waals surface area (Å²) in [4.78, 5) is 0. The summed E-state index contributed by atoms with van der Waals surface area (Å²) in [5.74, 6) is 6.50. The third kappa shape index (κ3) is 1.99. The van der Waals surface area contributed by atoms with Crippen molar-refractivity contribution in [3.05, 3.63) is 0 Å². The van der Waals surface area contributed by atoms with E-state index in [4.69, 9.17) is 4.74 Å². The molecule has 0 radical (unpaired) electrons. The maximum atomic E-state index is 4.89. The van der Waals surface area contributed by atoms with E-state index in [0.29, 0.717) is 5.92 Å². The van der Waals surface area contributed by atoms with E-state index >= 15 is 0 Å². The molecule has 0 aromatic carbocycles. The molecule has 0 aromatic rings. The van der Waals surface area contributed by atoms with E-state index in [-0.39, 0.29) is 6.10 Å². The second kappa shape index (κ2) is 2.19. The summed E-state index contributed by atoms with van der Waals surface area (Å²) in [6.45, 7) is 5.00. The molecule has 0 N–H and O–H groups in total. The van der Waals surface area contributed by atoms with Crippen LogP contribution in [0, 0.1) is 17.8 Å². The van der Waals surface area contributed by atoms with Crippen molar-refractivity contribution >= 4 is 0 Å². The fourth-order valence-electron chi connectivity index (χ4n) is 0.391. The molecule has 0 bridgehead atoms. The molecule has 1 heterocycles. The van der Waals surface area contributed by atoms with Gasteiger partial charge in [-0.15, -0.1) is 0 Å². The number of hydrogen-bond acceptors (Lipinski definition) is 1. The van der Waals surface area contributed by atoms with E-state index < -0.39 is 0 Å². The van der Waals surface area contributed by atoms with Crippen LogP contribution >= 0.6 is 0 Å². The molecule has 1 unspecified atom stereocenters. The molecule has 1 aliphatic heterocycles. The first-order valence-electron chi connectivity index (χ1n) is 2.91. The monoisotopic (exact) mass is 110 g/mol. The lowest BCUT2D eigenvalue weighted by molar-refractivity contribution is 0.445. The third-order valence-electron chi connectivity index (χ3n) is 0.866. The Bertz CT molecular complexity index is 117. The van der Waals surface area contributed by atoms with Gasteiger partial charge in [-0.25, -0.2) is 0 Å². The Balaban J connectivity index is 2.23. The SMILES string of the molecule is CC(C)C#CC1CO1. The van der Waals surface area contributed by atoms with Gasteiger partial charge in [-0.2, -0.15) is 0 Å². The van der Waals surface area contributed by atoms with E-state index in [0.717, 1.165) is 6.61 Å². The Kier molecular flexibility index (Phi) is 1.55. The second-order valence-corrected chi connectivity index (χ2v) is 2.27. The molecule has 8 heavy (non-hydrogen) atoms. The van der Waals surface area contributed by atoms with Gasteiger partial charge in [0.2, 0.25) is 0 Å². The quantitative estimate of drug-likeness (QED) is 0.335. The summed E-state index contributed by atoms with van der Waals surface area (Å²) >= 11 is 0. The summed E-state index contributed by atoms with van der Waals surface area (Å²) in [6.07, 6.45) is 0.275. The smallest absolute Gasteiger partial charge is 0.141 e. The molecule has 1 atom stereocenters. The van der Waals surface area contributed by atoms with Crippen molar-refractivity contribution < 1.29 is 4.74 Å². The summed E-state index contributed by atoms with van der Waals surface area (Å²) < 4.78 is 4.89. The summed E-state index contributed by atoms with van der Waals surface area (Å²) in [5.41, 5.74) is 0. The molecule has 44 valence electrons. The first-order chi connectivity index (χ1) is 3.79. The number of ether oxygens (including phenoxy) is 1. The molecule has 0 aromatic heterocycles. The van der Waals surface area contributed by atoms with Crippen LogP contribution in [0.5, 0.6) is 0 Å². The van der Waals surface area contributed by atoms with Gasteiger partial charge in [0.05, 0.1) is 6.61 Å². The minimum absolute atomic E-state index is 0.275. The summed E-state index contributed by atoms with van der Waals surface area (Å²) in [6, 6.07) is 0. The molecular formula is C7H10O. The predicted molar refractivity (Wildman–Crippen MR) is 32.4 cm³/mol. The van der Waals surface area contributed by atoms with E-state index in [1.54, 1.807) is 0 Å². The molecule has 0 saturated carbocycles. The van der Waals surface area contributed by atoms with Crippen LogP contribution in [0.3, 0.4) is 0 Å². The molecule has 0 aliphatic carbocycles. The van der Waals surface area contributed by atoms with Crippen molar-refractivity contribution in [1.82, 2.24) is 0 Å². The lowest BCUT2D eigenvalue weighted by Gasteiger charge is -1.83. The van der Waals surface area contributed by atoms with E-state index in [9.17, 15) is 0 Å². The molecule has 1 fully saturated rings. The Hall–Kier alpha value is -0.480. The van der Waals surface area contributed by atoms with E-state index in [1.165, 1.54) is 0 Å². The van der Waals surface area contributed by atoms with Gasteiger partial charge in [0.1, 0.15) is 6.10 Å². The number of hydrogen-bond donors (Lipinski definition) is 0. The zero-order valence-electron chi connectivity index (χ0n) is 5.27. The largest absolute Gasteiger partial charge is 0.359 e. The predicted octanol–water partition coefficient (Wildman–Crippen LogP) is 1.04. The second-order valence-electron chi connectivity index (χ2n) is 2.27. The summed E-state index contributed by atoms with van der Waals surface area (Å²) in [7, 11) is 0. The Morgan fingerprint density at radius 3 is 2.62 bits per heavy atom.